The first-order valence-corrected chi connectivity index (χ1v) is 9.18. The van der Waals surface area contributed by atoms with E-state index in [0.717, 1.165) is 25.7 Å². The van der Waals surface area contributed by atoms with Crippen molar-refractivity contribution >= 4 is 0 Å². The standard InChI is InChI=1S/C23H32O/c1-5-23(16-11-17-24,20-13-7-6-8-14-20)21-15-10-9-12-19(21)18-22(2,3)4/h6-10,12-15,24H,5,11,16-18H2,1-4H3. The summed E-state index contributed by atoms with van der Waals surface area (Å²) in [6, 6.07) is 19.7. The van der Waals surface area contributed by atoms with Crippen molar-refractivity contribution in [3.05, 3.63) is 71.3 Å². The van der Waals surface area contributed by atoms with Crippen LogP contribution in [-0.4, -0.2) is 11.7 Å². The summed E-state index contributed by atoms with van der Waals surface area (Å²) in [5.41, 5.74) is 4.47. The van der Waals surface area contributed by atoms with E-state index in [2.05, 4.69) is 82.3 Å². The molecular formula is C23H32O. The molecule has 1 heteroatoms. The lowest BCUT2D eigenvalue weighted by atomic mass is 9.67. The van der Waals surface area contributed by atoms with Gasteiger partial charge in [0, 0.05) is 12.0 Å². The molecule has 0 bridgehead atoms. The zero-order chi connectivity index (χ0) is 17.6. The Bertz CT molecular complexity index is 624. The van der Waals surface area contributed by atoms with E-state index in [0.29, 0.717) is 0 Å². The van der Waals surface area contributed by atoms with Crippen molar-refractivity contribution in [2.24, 2.45) is 5.41 Å². The number of hydrogen-bond donors (Lipinski definition) is 1. The predicted octanol–water partition coefficient (Wildman–Crippen LogP) is 5.74. The van der Waals surface area contributed by atoms with Crippen molar-refractivity contribution in [2.45, 2.75) is 58.8 Å². The maximum atomic E-state index is 9.47. The van der Waals surface area contributed by atoms with Crippen LogP contribution in [0.4, 0.5) is 0 Å². The number of benzene rings is 2. The lowest BCUT2D eigenvalue weighted by molar-refractivity contribution is 0.266. The predicted molar refractivity (Wildman–Crippen MR) is 103 cm³/mol. The van der Waals surface area contributed by atoms with Gasteiger partial charge in [-0.2, -0.15) is 0 Å². The molecule has 24 heavy (non-hydrogen) atoms. The molecule has 1 atom stereocenters. The molecule has 0 saturated heterocycles. The Morgan fingerprint density at radius 3 is 2.08 bits per heavy atom. The summed E-state index contributed by atoms with van der Waals surface area (Å²) in [6.45, 7) is 9.42. The first-order valence-electron chi connectivity index (χ1n) is 9.18. The summed E-state index contributed by atoms with van der Waals surface area (Å²) in [5, 5.41) is 9.47. The SMILES string of the molecule is CCC(CCCO)(c1ccccc1)c1ccccc1CC(C)(C)C. The molecule has 0 radical (unpaired) electrons. The number of rotatable bonds is 7. The quantitative estimate of drug-likeness (QED) is 0.688. The zero-order valence-corrected chi connectivity index (χ0v) is 15.7. The molecule has 1 nitrogen and oxygen atoms in total. The smallest absolute Gasteiger partial charge is 0.0431 e. The van der Waals surface area contributed by atoms with E-state index >= 15 is 0 Å². The van der Waals surface area contributed by atoms with Crippen LogP contribution in [0.5, 0.6) is 0 Å². The van der Waals surface area contributed by atoms with Crippen molar-refractivity contribution in [2.75, 3.05) is 6.61 Å². The van der Waals surface area contributed by atoms with Crippen molar-refractivity contribution in [3.63, 3.8) is 0 Å². The molecule has 0 saturated carbocycles. The second-order valence-electron chi connectivity index (χ2n) is 8.02. The fourth-order valence-electron chi connectivity index (χ4n) is 3.86. The van der Waals surface area contributed by atoms with E-state index in [-0.39, 0.29) is 17.4 Å². The van der Waals surface area contributed by atoms with E-state index in [1.807, 2.05) is 0 Å². The highest BCUT2D eigenvalue weighted by atomic mass is 16.2. The number of hydrogen-bond acceptors (Lipinski definition) is 1. The summed E-state index contributed by atoms with van der Waals surface area (Å²) >= 11 is 0. The number of aliphatic hydroxyl groups is 1. The highest BCUT2D eigenvalue weighted by Crippen LogP contribution is 2.42. The first kappa shape index (κ1) is 18.7. The van der Waals surface area contributed by atoms with Gasteiger partial charge in [-0.25, -0.2) is 0 Å². The topological polar surface area (TPSA) is 20.2 Å². The van der Waals surface area contributed by atoms with Gasteiger partial charge in [0.2, 0.25) is 0 Å². The molecule has 2 aromatic carbocycles. The summed E-state index contributed by atoms with van der Waals surface area (Å²) in [6.07, 6.45) is 3.91. The molecule has 1 N–H and O–H groups in total. The third kappa shape index (κ3) is 4.27. The molecule has 1 unspecified atom stereocenters. The van der Waals surface area contributed by atoms with Crippen LogP contribution in [0.25, 0.3) is 0 Å². The lowest BCUT2D eigenvalue weighted by Crippen LogP contribution is -2.29. The third-order valence-electron chi connectivity index (χ3n) is 4.95. The van der Waals surface area contributed by atoms with Crippen LogP contribution in [0.2, 0.25) is 0 Å². The monoisotopic (exact) mass is 324 g/mol. The highest BCUT2D eigenvalue weighted by molar-refractivity contribution is 5.44. The van der Waals surface area contributed by atoms with E-state index < -0.39 is 0 Å². The molecule has 130 valence electrons. The van der Waals surface area contributed by atoms with Gasteiger partial charge < -0.3 is 5.11 Å². The average molecular weight is 325 g/mol. The molecule has 2 rings (SSSR count). The second kappa shape index (κ2) is 7.98. The Morgan fingerprint density at radius 2 is 1.50 bits per heavy atom. The van der Waals surface area contributed by atoms with Gasteiger partial charge in [-0.05, 0) is 47.8 Å². The van der Waals surface area contributed by atoms with Crippen molar-refractivity contribution in [3.8, 4) is 0 Å². The normalized spacial score (nSPS) is 14.4. The lowest BCUT2D eigenvalue weighted by Gasteiger charge is -2.37. The molecule has 0 aromatic heterocycles. The first-order chi connectivity index (χ1) is 11.4. The van der Waals surface area contributed by atoms with Gasteiger partial charge in [-0.3, -0.25) is 0 Å². The van der Waals surface area contributed by atoms with Gasteiger partial charge in [0.05, 0.1) is 0 Å². The molecule has 0 aliphatic heterocycles. The minimum Gasteiger partial charge on any atom is -0.396 e. The van der Waals surface area contributed by atoms with E-state index in [1.54, 1.807) is 0 Å². The van der Waals surface area contributed by atoms with Gasteiger partial charge in [0.25, 0.3) is 0 Å². The Hall–Kier alpha value is -1.60. The largest absolute Gasteiger partial charge is 0.396 e. The molecule has 0 heterocycles. The minimum absolute atomic E-state index is 0.0220. The molecule has 0 amide bonds. The van der Waals surface area contributed by atoms with Gasteiger partial charge in [-0.1, -0.05) is 82.3 Å². The Kier molecular flexibility index (Phi) is 6.23. The second-order valence-corrected chi connectivity index (χ2v) is 8.02. The van der Waals surface area contributed by atoms with Crippen LogP contribution in [-0.2, 0) is 11.8 Å². The third-order valence-corrected chi connectivity index (χ3v) is 4.95. The van der Waals surface area contributed by atoms with Crippen molar-refractivity contribution in [1.82, 2.24) is 0 Å². The Balaban J connectivity index is 2.60. The van der Waals surface area contributed by atoms with Gasteiger partial charge >= 0.3 is 0 Å². The molecular weight excluding hydrogens is 292 g/mol. The summed E-state index contributed by atoms with van der Waals surface area (Å²) in [4.78, 5) is 0. The summed E-state index contributed by atoms with van der Waals surface area (Å²) < 4.78 is 0. The molecule has 0 fully saturated rings. The highest BCUT2D eigenvalue weighted by Gasteiger charge is 2.34. The maximum Gasteiger partial charge on any atom is 0.0431 e. The van der Waals surface area contributed by atoms with Crippen LogP contribution < -0.4 is 0 Å². The van der Waals surface area contributed by atoms with Gasteiger partial charge in [0.15, 0.2) is 0 Å². The van der Waals surface area contributed by atoms with Gasteiger partial charge in [0.1, 0.15) is 0 Å². The fraction of sp³-hybridized carbons (Fsp3) is 0.478. The maximum absolute atomic E-state index is 9.47. The molecule has 0 spiro atoms. The molecule has 2 aromatic rings. The van der Waals surface area contributed by atoms with E-state index in [9.17, 15) is 5.11 Å². The zero-order valence-electron chi connectivity index (χ0n) is 15.7. The number of aliphatic hydroxyl groups excluding tert-OH is 1. The minimum atomic E-state index is -0.0220. The van der Waals surface area contributed by atoms with Gasteiger partial charge in [-0.15, -0.1) is 0 Å². The van der Waals surface area contributed by atoms with Crippen molar-refractivity contribution < 1.29 is 5.11 Å². The molecule has 0 aliphatic rings. The summed E-state index contributed by atoms with van der Waals surface area (Å²) in [5.74, 6) is 0. The van der Waals surface area contributed by atoms with Crippen LogP contribution in [0.3, 0.4) is 0 Å². The molecule has 0 aliphatic carbocycles. The van der Waals surface area contributed by atoms with Crippen LogP contribution in [0, 0.1) is 5.41 Å². The van der Waals surface area contributed by atoms with E-state index in [4.69, 9.17) is 0 Å². The van der Waals surface area contributed by atoms with Crippen LogP contribution in [0.15, 0.2) is 54.6 Å². The fourth-order valence-corrected chi connectivity index (χ4v) is 3.86. The average Bonchev–Trinajstić information content (AvgIpc) is 2.57. The van der Waals surface area contributed by atoms with Crippen LogP contribution >= 0.6 is 0 Å². The van der Waals surface area contributed by atoms with Crippen molar-refractivity contribution in [1.29, 1.82) is 0 Å². The van der Waals surface area contributed by atoms with E-state index in [1.165, 1.54) is 16.7 Å². The Morgan fingerprint density at radius 1 is 0.875 bits per heavy atom. The van der Waals surface area contributed by atoms with Crippen LogP contribution in [0.1, 0.15) is 63.6 Å². The summed E-state index contributed by atoms with van der Waals surface area (Å²) in [7, 11) is 0. The Labute approximate surface area is 147 Å².